The fourth-order valence-electron chi connectivity index (χ4n) is 3.56. The molecule has 6 heteroatoms. The van der Waals surface area contributed by atoms with Crippen LogP contribution in [0.25, 0.3) is 0 Å². The van der Waals surface area contributed by atoms with Crippen molar-refractivity contribution in [3.05, 3.63) is 53.3 Å². The van der Waals surface area contributed by atoms with Gasteiger partial charge in [-0.25, -0.2) is 0 Å². The number of nitrogens with one attached hydrogen (secondary N) is 1. The molecule has 1 aromatic carbocycles. The Kier molecular flexibility index (Phi) is 2.93. The summed E-state index contributed by atoms with van der Waals surface area (Å²) in [6, 6.07) is 11.5. The van der Waals surface area contributed by atoms with E-state index in [9.17, 15) is 4.79 Å². The van der Waals surface area contributed by atoms with Crippen LogP contribution in [0.3, 0.4) is 0 Å². The first kappa shape index (κ1) is 13.9. The summed E-state index contributed by atoms with van der Waals surface area (Å²) in [5.74, 6) is 0.740. The van der Waals surface area contributed by atoms with Gasteiger partial charge in [0.25, 0.3) is 5.91 Å². The number of amides is 1. The van der Waals surface area contributed by atoms with Gasteiger partial charge >= 0.3 is 0 Å². The highest BCUT2D eigenvalue weighted by Crippen LogP contribution is 2.37. The average molecular weight is 308 g/mol. The normalized spacial score (nSPS) is 22.4. The van der Waals surface area contributed by atoms with Gasteiger partial charge in [-0.1, -0.05) is 12.1 Å². The van der Waals surface area contributed by atoms with Gasteiger partial charge in [0.15, 0.2) is 0 Å². The molecule has 6 nitrogen and oxygen atoms in total. The van der Waals surface area contributed by atoms with Gasteiger partial charge in [0.05, 0.1) is 19.2 Å². The Morgan fingerprint density at radius 1 is 1.35 bits per heavy atom. The molecule has 2 aliphatic heterocycles. The Labute approximate surface area is 133 Å². The average Bonchev–Trinajstić information content (AvgIpc) is 3.20. The number of fused-ring (bicyclic) bond motifs is 2. The molecule has 1 fully saturated rings. The number of carbonyl (C=O) groups excluding carboxylic acids is 1. The Morgan fingerprint density at radius 2 is 2.13 bits per heavy atom. The number of hydrogen-bond acceptors (Lipinski definition) is 4. The molecule has 4 rings (SSSR count). The minimum Gasteiger partial charge on any atom is -0.497 e. The van der Waals surface area contributed by atoms with E-state index in [1.165, 1.54) is 0 Å². The zero-order valence-electron chi connectivity index (χ0n) is 12.7. The molecule has 1 unspecified atom stereocenters. The molecule has 3 heterocycles. The number of ether oxygens (including phenoxy) is 1. The fraction of sp³-hybridized carbons (Fsp3) is 0.294. The fourth-order valence-corrected chi connectivity index (χ4v) is 3.56. The molecule has 0 bridgehead atoms. The van der Waals surface area contributed by atoms with Gasteiger partial charge in [-0.3, -0.25) is 10.1 Å². The second-order valence-electron chi connectivity index (χ2n) is 5.83. The van der Waals surface area contributed by atoms with Crippen molar-refractivity contribution in [2.24, 2.45) is 0 Å². The zero-order valence-corrected chi connectivity index (χ0v) is 12.7. The number of carbonyl (C=O) groups is 1. The number of benzene rings is 1. The molecule has 1 amide bonds. The molecule has 1 N–H and O–H groups in total. The van der Waals surface area contributed by atoms with E-state index in [2.05, 4.69) is 11.4 Å². The minimum atomic E-state index is -0.567. The molecular weight excluding hydrogens is 292 g/mol. The number of hydrogen-bond donors (Lipinski definition) is 1. The highest BCUT2D eigenvalue weighted by atomic mass is 16.5. The summed E-state index contributed by atoms with van der Waals surface area (Å²) < 4.78 is 7.09. The Hall–Kier alpha value is -2.78. The summed E-state index contributed by atoms with van der Waals surface area (Å²) in [6.45, 7) is 1.98. The number of rotatable bonds is 2. The van der Waals surface area contributed by atoms with Gasteiger partial charge < -0.3 is 14.2 Å². The molecule has 1 aromatic heterocycles. The second kappa shape index (κ2) is 4.86. The third-order valence-electron chi connectivity index (χ3n) is 4.67. The van der Waals surface area contributed by atoms with Gasteiger partial charge in [-0.15, -0.1) is 0 Å². The summed E-state index contributed by atoms with van der Waals surface area (Å²) in [5, 5.41) is 12.6. The summed E-state index contributed by atoms with van der Waals surface area (Å²) >= 11 is 0. The lowest BCUT2D eigenvalue weighted by molar-refractivity contribution is 0.0398. The third-order valence-corrected chi connectivity index (χ3v) is 4.67. The maximum atomic E-state index is 12.9. The molecule has 0 radical (unpaired) electrons. The van der Waals surface area contributed by atoms with E-state index < -0.39 is 5.66 Å². The van der Waals surface area contributed by atoms with Crippen LogP contribution in [0.5, 0.6) is 5.75 Å². The van der Waals surface area contributed by atoms with Gasteiger partial charge in [0.1, 0.15) is 23.2 Å². The Morgan fingerprint density at radius 3 is 2.83 bits per heavy atom. The van der Waals surface area contributed by atoms with Crippen LogP contribution in [-0.4, -0.2) is 35.6 Å². The van der Waals surface area contributed by atoms with E-state index in [1.807, 2.05) is 33.7 Å². The summed E-state index contributed by atoms with van der Waals surface area (Å²) in [4.78, 5) is 14.7. The first-order valence-electron chi connectivity index (χ1n) is 7.50. The molecule has 2 aliphatic rings. The highest BCUT2D eigenvalue weighted by Gasteiger charge is 2.49. The molecule has 1 saturated heterocycles. The van der Waals surface area contributed by atoms with Crippen LogP contribution in [-0.2, 0) is 12.2 Å². The van der Waals surface area contributed by atoms with E-state index >= 15 is 0 Å². The monoisotopic (exact) mass is 308 g/mol. The smallest absolute Gasteiger partial charge is 0.272 e. The van der Waals surface area contributed by atoms with Crippen LogP contribution in [0.1, 0.15) is 21.6 Å². The lowest BCUT2D eigenvalue weighted by atomic mass is 9.96. The van der Waals surface area contributed by atoms with E-state index in [4.69, 9.17) is 10.00 Å². The largest absolute Gasteiger partial charge is 0.497 e. The molecule has 0 aliphatic carbocycles. The summed E-state index contributed by atoms with van der Waals surface area (Å²) in [7, 11) is 1.63. The van der Waals surface area contributed by atoms with Crippen LogP contribution >= 0.6 is 0 Å². The van der Waals surface area contributed by atoms with Gasteiger partial charge in [-0.05, 0) is 23.8 Å². The lowest BCUT2D eigenvalue weighted by Gasteiger charge is -2.42. The minimum absolute atomic E-state index is 0.0430. The first-order valence-corrected chi connectivity index (χ1v) is 7.50. The molecule has 1 atom stereocenters. The molecule has 23 heavy (non-hydrogen) atoms. The molecule has 0 spiro atoms. The van der Waals surface area contributed by atoms with Gasteiger partial charge in [-0.2, -0.15) is 5.26 Å². The predicted molar refractivity (Wildman–Crippen MR) is 82.9 cm³/mol. The van der Waals surface area contributed by atoms with Crippen molar-refractivity contribution < 1.29 is 9.53 Å². The van der Waals surface area contributed by atoms with Gasteiger partial charge in [0, 0.05) is 19.3 Å². The predicted octanol–water partition coefficient (Wildman–Crippen LogP) is 1.28. The second-order valence-corrected chi connectivity index (χ2v) is 5.83. The zero-order chi connectivity index (χ0) is 16.0. The van der Waals surface area contributed by atoms with Crippen molar-refractivity contribution in [2.75, 3.05) is 20.2 Å². The van der Waals surface area contributed by atoms with Crippen molar-refractivity contribution in [1.29, 1.82) is 5.26 Å². The van der Waals surface area contributed by atoms with Crippen molar-refractivity contribution >= 4 is 5.91 Å². The van der Waals surface area contributed by atoms with Crippen LogP contribution in [0, 0.1) is 11.3 Å². The lowest BCUT2D eigenvalue weighted by Crippen LogP contribution is -2.57. The van der Waals surface area contributed by atoms with E-state index in [0.29, 0.717) is 24.3 Å². The van der Waals surface area contributed by atoms with Gasteiger partial charge in [0.2, 0.25) is 0 Å². The van der Waals surface area contributed by atoms with Crippen molar-refractivity contribution in [3.63, 3.8) is 0 Å². The van der Waals surface area contributed by atoms with Crippen molar-refractivity contribution in [1.82, 2.24) is 14.8 Å². The van der Waals surface area contributed by atoms with Crippen LogP contribution in [0.15, 0.2) is 36.5 Å². The SMILES string of the molecule is COc1ccc(C23Cn4cc(C#N)cc4C(=O)N2CCN3)cc1. The quantitative estimate of drug-likeness (QED) is 0.907. The Balaban J connectivity index is 1.83. The molecule has 116 valence electrons. The molecule has 2 aromatic rings. The number of nitrogens with zero attached hydrogens (tertiary/aromatic N) is 3. The number of aromatic nitrogens is 1. The Bertz CT molecular complexity index is 818. The van der Waals surface area contributed by atoms with E-state index in [1.54, 1.807) is 19.4 Å². The van der Waals surface area contributed by atoms with Crippen molar-refractivity contribution in [3.8, 4) is 11.8 Å². The van der Waals surface area contributed by atoms with Crippen molar-refractivity contribution in [2.45, 2.75) is 12.2 Å². The standard InChI is InChI=1S/C17H16N4O2/c1-23-14-4-2-13(3-5-14)17-11-20-10-12(9-18)8-15(20)16(22)21(17)7-6-19-17/h2-5,8,10,19H,6-7,11H2,1H3. The topological polar surface area (TPSA) is 70.3 Å². The van der Waals surface area contributed by atoms with Crippen LogP contribution in [0.4, 0.5) is 0 Å². The highest BCUT2D eigenvalue weighted by molar-refractivity contribution is 5.95. The first-order chi connectivity index (χ1) is 11.2. The number of methoxy groups -OCH3 is 1. The third kappa shape index (κ3) is 1.87. The molecule has 0 saturated carbocycles. The number of nitriles is 1. The summed E-state index contributed by atoms with van der Waals surface area (Å²) in [5.41, 5.74) is 1.54. The van der Waals surface area contributed by atoms with Crippen LogP contribution < -0.4 is 10.1 Å². The van der Waals surface area contributed by atoms with E-state index in [-0.39, 0.29) is 5.91 Å². The van der Waals surface area contributed by atoms with Crippen LogP contribution in [0.2, 0.25) is 0 Å². The summed E-state index contributed by atoms with van der Waals surface area (Å²) in [6.07, 6.45) is 1.75. The molecular formula is C17H16N4O2. The maximum absolute atomic E-state index is 12.9. The maximum Gasteiger partial charge on any atom is 0.272 e. The van der Waals surface area contributed by atoms with E-state index in [0.717, 1.165) is 17.9 Å².